The Morgan fingerprint density at radius 2 is 1.58 bits per heavy atom. The monoisotopic (exact) mass is 619 g/mol. The van der Waals surface area contributed by atoms with Crippen LogP contribution in [0.5, 0.6) is 0 Å². The van der Waals surface area contributed by atoms with Crippen LogP contribution in [0.3, 0.4) is 0 Å². The Morgan fingerprint density at radius 1 is 0.844 bits per heavy atom. The number of hydrogen-bond acceptors (Lipinski definition) is 6. The van der Waals surface area contributed by atoms with E-state index in [4.69, 9.17) is 4.74 Å². The van der Waals surface area contributed by atoms with Crippen LogP contribution in [0.25, 0.3) is 11.1 Å². The Labute approximate surface area is 269 Å². The van der Waals surface area contributed by atoms with E-state index in [-0.39, 0.29) is 17.9 Å². The van der Waals surface area contributed by atoms with Gasteiger partial charge in [-0.3, -0.25) is 14.9 Å². The summed E-state index contributed by atoms with van der Waals surface area (Å²) in [6.07, 6.45) is 6.65. The van der Waals surface area contributed by atoms with Crippen LogP contribution in [0.4, 0.5) is 10.5 Å². The highest BCUT2D eigenvalue weighted by molar-refractivity contribution is 5.91. The Balaban J connectivity index is 1.03. The van der Waals surface area contributed by atoms with Crippen LogP contribution in [0.2, 0.25) is 0 Å². The van der Waals surface area contributed by atoms with Gasteiger partial charge in [0.05, 0.1) is 11.6 Å². The second-order valence-electron chi connectivity index (χ2n) is 12.3. The molecule has 2 aromatic carbocycles. The minimum atomic E-state index is -0.422. The number of para-hydroxylation sites is 1. The zero-order valence-corrected chi connectivity index (χ0v) is 27.3. The van der Waals surface area contributed by atoms with Gasteiger partial charge in [0.2, 0.25) is 11.8 Å². The van der Waals surface area contributed by atoms with Crippen molar-refractivity contribution in [1.82, 2.24) is 20.0 Å². The Bertz CT molecular complexity index is 1200. The van der Waals surface area contributed by atoms with E-state index >= 15 is 0 Å². The molecule has 0 spiro atoms. The number of nitrogens with zero attached hydrogens (tertiary/aromatic N) is 3. The number of nitrogens with one attached hydrogen (secondary N) is 2. The molecule has 2 fully saturated rings. The van der Waals surface area contributed by atoms with Crippen LogP contribution < -0.4 is 10.6 Å². The third-order valence-electron chi connectivity index (χ3n) is 9.12. The molecule has 2 saturated heterocycles. The normalized spacial score (nSPS) is 17.9. The van der Waals surface area contributed by atoms with Gasteiger partial charge < -0.3 is 24.8 Å². The second-order valence-corrected chi connectivity index (χ2v) is 12.3. The summed E-state index contributed by atoms with van der Waals surface area (Å²) < 4.78 is 5.75. The lowest BCUT2D eigenvalue weighted by Gasteiger charge is -2.34. The molecule has 0 saturated carbocycles. The third kappa shape index (κ3) is 11.2. The van der Waals surface area contributed by atoms with Crippen LogP contribution in [-0.4, -0.2) is 97.6 Å². The predicted octanol–water partition coefficient (Wildman–Crippen LogP) is 5.62. The van der Waals surface area contributed by atoms with Crippen LogP contribution in [0, 0.1) is 5.92 Å². The first-order valence-corrected chi connectivity index (χ1v) is 17.1. The second kappa shape index (κ2) is 18.5. The van der Waals surface area contributed by atoms with Crippen molar-refractivity contribution in [1.29, 1.82) is 0 Å². The van der Waals surface area contributed by atoms with Gasteiger partial charge in [-0.15, -0.1) is 0 Å². The van der Waals surface area contributed by atoms with E-state index in [0.717, 1.165) is 114 Å². The number of benzene rings is 2. The van der Waals surface area contributed by atoms with E-state index < -0.39 is 6.09 Å². The Morgan fingerprint density at radius 3 is 2.33 bits per heavy atom. The van der Waals surface area contributed by atoms with Crippen molar-refractivity contribution in [2.75, 3.05) is 64.2 Å². The summed E-state index contributed by atoms with van der Waals surface area (Å²) in [5, 5.41) is 6.00. The van der Waals surface area contributed by atoms with Gasteiger partial charge in [0.15, 0.2) is 0 Å². The highest BCUT2D eigenvalue weighted by Crippen LogP contribution is 2.28. The number of rotatable bonds is 15. The molecule has 45 heavy (non-hydrogen) atoms. The van der Waals surface area contributed by atoms with Crippen LogP contribution >= 0.6 is 0 Å². The van der Waals surface area contributed by atoms with Crippen molar-refractivity contribution in [2.45, 2.75) is 71.3 Å². The van der Waals surface area contributed by atoms with Crippen LogP contribution in [0.15, 0.2) is 54.6 Å². The van der Waals surface area contributed by atoms with Gasteiger partial charge >= 0.3 is 6.09 Å². The Kier molecular flexibility index (Phi) is 14.2. The number of hydrogen-bond donors (Lipinski definition) is 2. The summed E-state index contributed by atoms with van der Waals surface area (Å²) in [6, 6.07) is 17.7. The largest absolute Gasteiger partial charge is 0.446 e. The predicted molar refractivity (Wildman–Crippen MR) is 180 cm³/mol. The molecule has 0 aromatic heterocycles. The summed E-state index contributed by atoms with van der Waals surface area (Å²) in [4.78, 5) is 44.5. The minimum Gasteiger partial charge on any atom is -0.446 e. The molecule has 0 radical (unpaired) electrons. The van der Waals surface area contributed by atoms with Gasteiger partial charge in [0.1, 0.15) is 6.10 Å². The first-order valence-electron chi connectivity index (χ1n) is 17.1. The average Bonchev–Trinajstić information content (AvgIpc) is 3.06. The van der Waals surface area contributed by atoms with Crippen molar-refractivity contribution in [2.24, 2.45) is 5.92 Å². The first kappa shape index (κ1) is 34.4. The average molecular weight is 620 g/mol. The summed E-state index contributed by atoms with van der Waals surface area (Å²) in [5.74, 6) is 0.558. The van der Waals surface area contributed by atoms with Gasteiger partial charge in [-0.2, -0.15) is 0 Å². The molecule has 3 amide bonds. The standard InChI is InChI=1S/C36H53N5O4/c1-3-41(4-2)35(43)30-16-13-24-40(28-30)23-12-6-9-19-34(42)37-22-27-39-25-20-31(21-26-39)45-36(44)38-33-18-11-10-17-32(33)29-14-7-5-8-15-29/h5,7-8,10-11,14-15,17-18,30-31H,3-4,6,9,12-13,16,19-28H2,1-2H3,(H,37,42)(H,38,44). The number of amides is 3. The van der Waals surface area contributed by atoms with Gasteiger partial charge in [-0.05, 0) is 77.1 Å². The minimum absolute atomic E-state index is 0.113. The smallest absolute Gasteiger partial charge is 0.411 e. The fraction of sp³-hybridized carbons (Fsp3) is 0.583. The zero-order chi connectivity index (χ0) is 31.9. The molecule has 9 nitrogen and oxygen atoms in total. The van der Waals surface area contributed by atoms with E-state index in [0.29, 0.717) is 18.9 Å². The van der Waals surface area contributed by atoms with Crippen molar-refractivity contribution in [3.63, 3.8) is 0 Å². The van der Waals surface area contributed by atoms with E-state index in [2.05, 4.69) is 34.3 Å². The van der Waals surface area contributed by atoms with Gasteiger partial charge in [0.25, 0.3) is 0 Å². The fourth-order valence-corrected chi connectivity index (χ4v) is 6.50. The molecule has 2 heterocycles. The lowest BCUT2D eigenvalue weighted by Crippen LogP contribution is -2.45. The quantitative estimate of drug-likeness (QED) is 0.251. The number of ether oxygens (including phenoxy) is 1. The SMILES string of the molecule is CCN(CC)C(=O)C1CCCN(CCCCCC(=O)NCCN2CCC(OC(=O)Nc3ccccc3-c3ccccc3)CC2)C1. The van der Waals surface area contributed by atoms with Crippen LogP contribution in [-0.2, 0) is 14.3 Å². The Hall–Kier alpha value is -3.43. The molecule has 0 bridgehead atoms. The number of piperidine rings is 2. The number of carbonyl (C=O) groups excluding carboxylic acids is 3. The number of likely N-dealkylation sites (tertiary alicyclic amines) is 2. The molecule has 2 aliphatic heterocycles. The molecule has 4 rings (SSSR count). The highest BCUT2D eigenvalue weighted by Gasteiger charge is 2.28. The topological polar surface area (TPSA) is 94.2 Å². The summed E-state index contributed by atoms with van der Waals surface area (Å²) >= 11 is 0. The summed E-state index contributed by atoms with van der Waals surface area (Å²) in [6.45, 7) is 11.7. The van der Waals surface area contributed by atoms with Gasteiger partial charge in [-0.25, -0.2) is 4.79 Å². The van der Waals surface area contributed by atoms with Crippen LogP contribution in [0.1, 0.15) is 65.2 Å². The van der Waals surface area contributed by atoms with Gasteiger partial charge in [0, 0.05) is 57.8 Å². The molecular weight excluding hydrogens is 566 g/mol. The maximum atomic E-state index is 12.7. The maximum absolute atomic E-state index is 12.7. The van der Waals surface area contributed by atoms with Gasteiger partial charge in [-0.1, -0.05) is 55.0 Å². The van der Waals surface area contributed by atoms with E-state index in [1.807, 2.05) is 59.5 Å². The van der Waals surface area contributed by atoms with E-state index in [9.17, 15) is 14.4 Å². The van der Waals surface area contributed by atoms with Crippen molar-refractivity contribution < 1.29 is 19.1 Å². The molecule has 1 atom stereocenters. The van der Waals surface area contributed by atoms with E-state index in [1.165, 1.54) is 0 Å². The molecule has 0 aliphatic carbocycles. The molecule has 2 N–H and O–H groups in total. The van der Waals surface area contributed by atoms with Crippen molar-refractivity contribution in [3.8, 4) is 11.1 Å². The first-order chi connectivity index (χ1) is 22.0. The zero-order valence-electron chi connectivity index (χ0n) is 27.3. The third-order valence-corrected chi connectivity index (χ3v) is 9.12. The molecule has 1 unspecified atom stereocenters. The molecule has 2 aliphatic rings. The maximum Gasteiger partial charge on any atom is 0.411 e. The summed E-state index contributed by atoms with van der Waals surface area (Å²) in [5.41, 5.74) is 2.74. The molecular formula is C36H53N5O4. The van der Waals surface area contributed by atoms with Crippen molar-refractivity contribution >= 4 is 23.6 Å². The van der Waals surface area contributed by atoms with E-state index in [1.54, 1.807) is 0 Å². The molecule has 2 aromatic rings. The van der Waals surface area contributed by atoms with Crippen molar-refractivity contribution in [3.05, 3.63) is 54.6 Å². The fourth-order valence-electron chi connectivity index (χ4n) is 6.50. The lowest BCUT2D eigenvalue weighted by atomic mass is 9.96. The molecule has 9 heteroatoms. The number of unbranched alkanes of at least 4 members (excludes halogenated alkanes) is 2. The molecule has 246 valence electrons. The number of carbonyl (C=O) groups is 3. The highest BCUT2D eigenvalue weighted by atomic mass is 16.6. The number of anilines is 1. The lowest BCUT2D eigenvalue weighted by molar-refractivity contribution is -0.137. The summed E-state index contributed by atoms with van der Waals surface area (Å²) in [7, 11) is 0.